The highest BCUT2D eigenvalue weighted by Crippen LogP contribution is 2.26. The molecule has 0 aromatic carbocycles. The summed E-state index contributed by atoms with van der Waals surface area (Å²) < 4.78 is 36.4. The highest BCUT2D eigenvalue weighted by Gasteiger charge is 2.42. The SMILES string of the molecule is C[C@H](/C=C\S(C)(=O)=O)NC(=O)[C@@]1(F)CCN[C@H](C)C1. The molecule has 0 radical (unpaired) electrons. The van der Waals surface area contributed by atoms with Crippen LogP contribution in [0.15, 0.2) is 11.5 Å². The van der Waals surface area contributed by atoms with Gasteiger partial charge in [0, 0.05) is 36.6 Å². The summed E-state index contributed by atoms with van der Waals surface area (Å²) in [7, 11) is -3.24. The van der Waals surface area contributed by atoms with Crippen molar-refractivity contribution in [2.45, 2.75) is 44.4 Å². The highest BCUT2D eigenvalue weighted by molar-refractivity contribution is 7.93. The first-order chi connectivity index (χ1) is 8.62. The maximum Gasteiger partial charge on any atom is 0.258 e. The zero-order valence-electron chi connectivity index (χ0n) is 11.4. The van der Waals surface area contributed by atoms with Crippen LogP contribution in [0.25, 0.3) is 0 Å². The lowest BCUT2D eigenvalue weighted by Gasteiger charge is -2.33. The first-order valence-electron chi connectivity index (χ1n) is 6.24. The van der Waals surface area contributed by atoms with Gasteiger partial charge in [-0.3, -0.25) is 4.79 Å². The summed E-state index contributed by atoms with van der Waals surface area (Å²) in [4.78, 5) is 11.9. The molecule has 7 heteroatoms. The zero-order valence-corrected chi connectivity index (χ0v) is 12.3. The molecule has 19 heavy (non-hydrogen) atoms. The highest BCUT2D eigenvalue weighted by atomic mass is 32.2. The fourth-order valence-corrected chi connectivity index (χ4v) is 2.55. The van der Waals surface area contributed by atoms with E-state index >= 15 is 0 Å². The summed E-state index contributed by atoms with van der Waals surface area (Å²) in [5.74, 6) is -0.675. The van der Waals surface area contributed by atoms with E-state index in [1.54, 1.807) is 6.92 Å². The van der Waals surface area contributed by atoms with Gasteiger partial charge >= 0.3 is 0 Å². The van der Waals surface area contributed by atoms with Crippen molar-refractivity contribution in [3.63, 3.8) is 0 Å². The van der Waals surface area contributed by atoms with E-state index in [2.05, 4.69) is 10.6 Å². The van der Waals surface area contributed by atoms with Gasteiger partial charge in [0.2, 0.25) is 0 Å². The third-order valence-electron chi connectivity index (χ3n) is 3.02. The molecule has 0 aromatic heterocycles. The number of rotatable bonds is 4. The molecule has 1 amide bonds. The predicted octanol–water partition coefficient (Wildman–Crippen LogP) is 0.530. The first-order valence-corrected chi connectivity index (χ1v) is 8.19. The summed E-state index contributed by atoms with van der Waals surface area (Å²) in [5, 5.41) is 6.58. The number of nitrogens with one attached hydrogen (secondary N) is 2. The van der Waals surface area contributed by atoms with Crippen LogP contribution in [-0.4, -0.2) is 44.9 Å². The maximum absolute atomic E-state index is 14.5. The minimum absolute atomic E-state index is 0.0497. The van der Waals surface area contributed by atoms with E-state index in [1.807, 2.05) is 6.92 Å². The van der Waals surface area contributed by atoms with E-state index < -0.39 is 27.5 Å². The fourth-order valence-electron chi connectivity index (χ4n) is 2.03. The van der Waals surface area contributed by atoms with Crippen molar-refractivity contribution < 1.29 is 17.6 Å². The van der Waals surface area contributed by atoms with Gasteiger partial charge in [0.25, 0.3) is 5.91 Å². The van der Waals surface area contributed by atoms with E-state index in [0.717, 1.165) is 11.7 Å². The van der Waals surface area contributed by atoms with Crippen molar-refractivity contribution >= 4 is 15.7 Å². The van der Waals surface area contributed by atoms with Gasteiger partial charge in [0.05, 0.1) is 0 Å². The number of hydrogen-bond acceptors (Lipinski definition) is 4. The van der Waals surface area contributed by atoms with Crippen molar-refractivity contribution in [2.24, 2.45) is 0 Å². The Morgan fingerprint density at radius 1 is 1.58 bits per heavy atom. The molecular weight excluding hydrogens is 271 g/mol. The predicted molar refractivity (Wildman–Crippen MR) is 72.1 cm³/mol. The monoisotopic (exact) mass is 292 g/mol. The summed E-state index contributed by atoms with van der Waals surface area (Å²) >= 11 is 0. The lowest BCUT2D eigenvalue weighted by atomic mass is 9.89. The number of amides is 1. The van der Waals surface area contributed by atoms with Crippen LogP contribution in [0.2, 0.25) is 0 Å². The minimum Gasteiger partial charge on any atom is -0.347 e. The van der Waals surface area contributed by atoms with Crippen LogP contribution in [0.3, 0.4) is 0 Å². The average molecular weight is 292 g/mol. The third kappa shape index (κ3) is 5.28. The lowest BCUT2D eigenvalue weighted by Crippen LogP contribution is -2.54. The van der Waals surface area contributed by atoms with E-state index in [0.29, 0.717) is 6.54 Å². The van der Waals surface area contributed by atoms with Gasteiger partial charge in [0.1, 0.15) is 0 Å². The minimum atomic E-state index is -3.24. The van der Waals surface area contributed by atoms with Crippen LogP contribution >= 0.6 is 0 Å². The molecule has 1 rings (SSSR count). The Balaban J connectivity index is 2.61. The van der Waals surface area contributed by atoms with E-state index in [9.17, 15) is 17.6 Å². The second-order valence-corrected chi connectivity index (χ2v) is 7.13. The molecule has 1 aliphatic heterocycles. The van der Waals surface area contributed by atoms with Crippen LogP contribution in [0, 0.1) is 0 Å². The number of carbonyl (C=O) groups is 1. The third-order valence-corrected chi connectivity index (χ3v) is 3.68. The molecule has 1 fully saturated rings. The average Bonchev–Trinajstić information content (AvgIpc) is 2.25. The summed E-state index contributed by atoms with van der Waals surface area (Å²) in [6.07, 6.45) is 2.65. The van der Waals surface area contributed by atoms with Crippen molar-refractivity contribution in [3.05, 3.63) is 11.5 Å². The quantitative estimate of drug-likeness (QED) is 0.792. The summed E-state index contributed by atoms with van der Waals surface area (Å²) in [5.41, 5.74) is -1.88. The molecule has 110 valence electrons. The number of sulfone groups is 1. The Labute approximate surface area is 113 Å². The van der Waals surface area contributed by atoms with Gasteiger partial charge in [-0.2, -0.15) is 0 Å². The van der Waals surface area contributed by atoms with E-state index in [4.69, 9.17) is 0 Å². The summed E-state index contributed by atoms with van der Waals surface area (Å²) in [6, 6.07) is -0.577. The molecule has 0 unspecified atom stereocenters. The van der Waals surface area contributed by atoms with Gasteiger partial charge < -0.3 is 10.6 Å². The van der Waals surface area contributed by atoms with E-state index in [1.165, 1.54) is 6.08 Å². The molecule has 2 N–H and O–H groups in total. The van der Waals surface area contributed by atoms with E-state index in [-0.39, 0.29) is 18.9 Å². The number of alkyl halides is 1. The van der Waals surface area contributed by atoms with Crippen LogP contribution in [0.1, 0.15) is 26.7 Å². The molecule has 1 heterocycles. The van der Waals surface area contributed by atoms with Gasteiger partial charge in [0.15, 0.2) is 15.5 Å². The molecule has 0 saturated carbocycles. The van der Waals surface area contributed by atoms with Gasteiger partial charge in [-0.15, -0.1) is 0 Å². The van der Waals surface area contributed by atoms with Crippen molar-refractivity contribution in [1.82, 2.24) is 10.6 Å². The number of halogens is 1. The second-order valence-electron chi connectivity index (χ2n) is 5.19. The molecule has 3 atom stereocenters. The Hall–Kier alpha value is -0.950. The van der Waals surface area contributed by atoms with Gasteiger partial charge in [-0.05, 0) is 20.4 Å². The van der Waals surface area contributed by atoms with Gasteiger partial charge in [-0.25, -0.2) is 12.8 Å². The van der Waals surface area contributed by atoms with Crippen molar-refractivity contribution in [1.29, 1.82) is 0 Å². The summed E-state index contributed by atoms with van der Waals surface area (Å²) in [6.45, 7) is 3.89. The second kappa shape index (κ2) is 6.00. The smallest absolute Gasteiger partial charge is 0.258 e. The van der Waals surface area contributed by atoms with Gasteiger partial charge in [-0.1, -0.05) is 6.08 Å². The number of carbonyl (C=O) groups excluding carboxylic acids is 1. The normalized spacial score (nSPS) is 30.2. The van der Waals surface area contributed by atoms with Crippen molar-refractivity contribution in [3.8, 4) is 0 Å². The van der Waals surface area contributed by atoms with Crippen molar-refractivity contribution in [2.75, 3.05) is 12.8 Å². The van der Waals surface area contributed by atoms with Crippen LogP contribution in [0.4, 0.5) is 4.39 Å². The number of piperidine rings is 1. The Bertz CT molecular complexity index is 464. The Morgan fingerprint density at radius 3 is 2.74 bits per heavy atom. The molecule has 1 saturated heterocycles. The Morgan fingerprint density at radius 2 is 2.21 bits per heavy atom. The zero-order chi connectivity index (χ0) is 14.7. The van der Waals surface area contributed by atoms with Crippen LogP contribution < -0.4 is 10.6 Å². The maximum atomic E-state index is 14.5. The van der Waals surface area contributed by atoms with Crippen LogP contribution in [0.5, 0.6) is 0 Å². The molecule has 5 nitrogen and oxygen atoms in total. The van der Waals surface area contributed by atoms with Crippen LogP contribution in [-0.2, 0) is 14.6 Å². The molecule has 0 aliphatic carbocycles. The molecular formula is C12H21FN2O3S. The molecule has 0 spiro atoms. The number of hydrogen-bond donors (Lipinski definition) is 2. The molecule has 1 aliphatic rings. The molecule has 0 bridgehead atoms. The molecule has 0 aromatic rings. The largest absolute Gasteiger partial charge is 0.347 e. The topological polar surface area (TPSA) is 75.3 Å². The standard InChI is InChI=1S/C12H21FN2O3S/c1-9(4-7-19(3,17)18)15-11(16)12(13)5-6-14-10(2)8-12/h4,7,9-10,14H,5-6,8H2,1-3H3,(H,15,16)/b7-4-/t9-,10-,12-/m1/s1. The fraction of sp³-hybridized carbons (Fsp3) is 0.750. The first kappa shape index (κ1) is 16.1. The lowest BCUT2D eigenvalue weighted by molar-refractivity contribution is -0.135. The Kier molecular flexibility index (Phi) is 5.09.